The molecule has 0 saturated heterocycles. The summed E-state index contributed by atoms with van der Waals surface area (Å²) in [5.41, 5.74) is 3.12. The SMILES string of the molecule is c1ccc(CNCc2nc3ccccc3[nH]2)nc1. The van der Waals surface area contributed by atoms with Gasteiger partial charge in [-0.1, -0.05) is 18.2 Å². The fraction of sp³-hybridized carbons (Fsp3) is 0.143. The summed E-state index contributed by atoms with van der Waals surface area (Å²) >= 11 is 0. The van der Waals surface area contributed by atoms with Crippen molar-refractivity contribution in [1.82, 2.24) is 20.3 Å². The van der Waals surface area contributed by atoms with Gasteiger partial charge in [0.2, 0.25) is 0 Å². The zero-order chi connectivity index (χ0) is 12.2. The standard InChI is InChI=1S/C14H14N4/c1-2-7-13-12(6-1)17-14(18-13)10-15-9-11-5-3-4-8-16-11/h1-8,15H,9-10H2,(H,17,18). The second-order valence-corrected chi connectivity index (χ2v) is 4.13. The van der Waals surface area contributed by atoms with Crippen LogP contribution in [0, 0.1) is 0 Å². The van der Waals surface area contributed by atoms with Crippen LogP contribution in [0.5, 0.6) is 0 Å². The Morgan fingerprint density at radius 3 is 2.72 bits per heavy atom. The van der Waals surface area contributed by atoms with Crippen LogP contribution < -0.4 is 5.32 Å². The van der Waals surface area contributed by atoms with Crippen molar-refractivity contribution in [3.8, 4) is 0 Å². The Labute approximate surface area is 105 Å². The molecule has 0 bridgehead atoms. The summed E-state index contributed by atoms with van der Waals surface area (Å²) in [7, 11) is 0. The number of para-hydroxylation sites is 2. The molecule has 1 aromatic carbocycles. The van der Waals surface area contributed by atoms with Crippen LogP contribution in [0.4, 0.5) is 0 Å². The third-order valence-corrected chi connectivity index (χ3v) is 2.76. The lowest BCUT2D eigenvalue weighted by Gasteiger charge is -2.01. The normalized spacial score (nSPS) is 10.9. The van der Waals surface area contributed by atoms with Crippen molar-refractivity contribution < 1.29 is 0 Å². The van der Waals surface area contributed by atoms with Gasteiger partial charge in [-0.2, -0.15) is 0 Å². The molecule has 0 amide bonds. The first kappa shape index (κ1) is 10.9. The first-order valence-corrected chi connectivity index (χ1v) is 5.96. The number of hydrogen-bond donors (Lipinski definition) is 2. The highest BCUT2D eigenvalue weighted by molar-refractivity contribution is 5.74. The number of nitrogens with one attached hydrogen (secondary N) is 2. The Hall–Kier alpha value is -2.20. The van der Waals surface area contributed by atoms with Gasteiger partial charge >= 0.3 is 0 Å². The Morgan fingerprint density at radius 2 is 1.89 bits per heavy atom. The number of fused-ring (bicyclic) bond motifs is 1. The van der Waals surface area contributed by atoms with Crippen molar-refractivity contribution in [2.75, 3.05) is 0 Å². The van der Waals surface area contributed by atoms with E-state index in [1.807, 2.05) is 42.5 Å². The molecule has 0 aliphatic rings. The van der Waals surface area contributed by atoms with E-state index in [4.69, 9.17) is 0 Å². The van der Waals surface area contributed by atoms with Crippen LogP contribution in [0.25, 0.3) is 11.0 Å². The van der Waals surface area contributed by atoms with Crippen molar-refractivity contribution in [1.29, 1.82) is 0 Å². The first-order chi connectivity index (χ1) is 8.92. The average molecular weight is 238 g/mol. The van der Waals surface area contributed by atoms with Crippen molar-refractivity contribution >= 4 is 11.0 Å². The van der Waals surface area contributed by atoms with Gasteiger partial charge in [0.25, 0.3) is 0 Å². The van der Waals surface area contributed by atoms with Crippen LogP contribution in [0.15, 0.2) is 48.7 Å². The van der Waals surface area contributed by atoms with E-state index in [1.54, 1.807) is 6.20 Å². The fourth-order valence-electron chi connectivity index (χ4n) is 1.90. The van der Waals surface area contributed by atoms with E-state index in [-0.39, 0.29) is 0 Å². The molecule has 3 aromatic rings. The van der Waals surface area contributed by atoms with Crippen LogP contribution in [0.3, 0.4) is 0 Å². The number of H-pyrrole nitrogens is 1. The second kappa shape index (κ2) is 4.98. The van der Waals surface area contributed by atoms with E-state index in [0.717, 1.165) is 29.1 Å². The lowest BCUT2D eigenvalue weighted by Crippen LogP contribution is -2.14. The zero-order valence-electron chi connectivity index (χ0n) is 9.93. The summed E-state index contributed by atoms with van der Waals surface area (Å²) in [5, 5.41) is 3.32. The number of aromatic amines is 1. The van der Waals surface area contributed by atoms with E-state index in [1.165, 1.54) is 0 Å². The number of hydrogen-bond acceptors (Lipinski definition) is 3. The van der Waals surface area contributed by atoms with E-state index < -0.39 is 0 Å². The van der Waals surface area contributed by atoms with Crippen LogP contribution in [0.2, 0.25) is 0 Å². The van der Waals surface area contributed by atoms with Crippen molar-refractivity contribution in [2.45, 2.75) is 13.1 Å². The van der Waals surface area contributed by atoms with Crippen molar-refractivity contribution in [3.05, 3.63) is 60.2 Å². The van der Waals surface area contributed by atoms with Gasteiger partial charge in [0, 0.05) is 12.7 Å². The molecule has 4 heteroatoms. The molecular formula is C14H14N4. The fourth-order valence-corrected chi connectivity index (χ4v) is 1.90. The van der Waals surface area contributed by atoms with E-state index in [2.05, 4.69) is 20.3 Å². The highest BCUT2D eigenvalue weighted by Gasteiger charge is 2.01. The summed E-state index contributed by atoms with van der Waals surface area (Å²) in [6.45, 7) is 1.46. The molecule has 2 N–H and O–H groups in total. The number of nitrogens with zero attached hydrogens (tertiary/aromatic N) is 2. The lowest BCUT2D eigenvalue weighted by molar-refractivity contribution is 0.659. The van der Waals surface area contributed by atoms with Crippen LogP contribution >= 0.6 is 0 Å². The zero-order valence-corrected chi connectivity index (χ0v) is 9.93. The van der Waals surface area contributed by atoms with Crippen LogP contribution in [-0.4, -0.2) is 15.0 Å². The average Bonchev–Trinajstić information content (AvgIpc) is 2.82. The summed E-state index contributed by atoms with van der Waals surface area (Å²) in [5.74, 6) is 0.951. The number of aromatic nitrogens is 3. The summed E-state index contributed by atoms with van der Waals surface area (Å²) in [6.07, 6.45) is 1.80. The molecule has 0 fully saturated rings. The van der Waals surface area contributed by atoms with Gasteiger partial charge < -0.3 is 10.3 Å². The van der Waals surface area contributed by atoms with Gasteiger partial charge in [-0.15, -0.1) is 0 Å². The number of pyridine rings is 1. The second-order valence-electron chi connectivity index (χ2n) is 4.13. The molecule has 2 heterocycles. The Bertz CT molecular complexity index is 597. The number of rotatable bonds is 4. The van der Waals surface area contributed by atoms with Gasteiger partial charge in [-0.25, -0.2) is 4.98 Å². The Kier molecular flexibility index (Phi) is 3.02. The molecule has 0 unspecified atom stereocenters. The molecule has 3 rings (SSSR count). The predicted octanol–water partition coefficient (Wildman–Crippen LogP) is 2.25. The Morgan fingerprint density at radius 1 is 1.00 bits per heavy atom. The van der Waals surface area contributed by atoms with Gasteiger partial charge in [0.1, 0.15) is 5.82 Å². The summed E-state index contributed by atoms with van der Waals surface area (Å²) in [6, 6.07) is 14.0. The smallest absolute Gasteiger partial charge is 0.121 e. The van der Waals surface area contributed by atoms with Crippen LogP contribution in [-0.2, 0) is 13.1 Å². The highest BCUT2D eigenvalue weighted by Crippen LogP contribution is 2.09. The van der Waals surface area contributed by atoms with E-state index in [0.29, 0.717) is 6.54 Å². The molecule has 2 aromatic heterocycles. The monoisotopic (exact) mass is 238 g/mol. The molecule has 0 aliphatic heterocycles. The quantitative estimate of drug-likeness (QED) is 0.733. The lowest BCUT2D eigenvalue weighted by atomic mass is 10.3. The first-order valence-electron chi connectivity index (χ1n) is 5.96. The molecule has 0 saturated carbocycles. The molecule has 0 aliphatic carbocycles. The van der Waals surface area contributed by atoms with Gasteiger partial charge in [0.15, 0.2) is 0 Å². The maximum Gasteiger partial charge on any atom is 0.121 e. The summed E-state index contributed by atoms with van der Waals surface area (Å²) in [4.78, 5) is 12.1. The molecule has 18 heavy (non-hydrogen) atoms. The third kappa shape index (κ3) is 2.38. The molecule has 90 valence electrons. The maximum absolute atomic E-state index is 4.51. The highest BCUT2D eigenvalue weighted by atomic mass is 15.0. The number of imidazole rings is 1. The van der Waals surface area contributed by atoms with Gasteiger partial charge in [-0.3, -0.25) is 4.98 Å². The third-order valence-electron chi connectivity index (χ3n) is 2.76. The molecule has 0 radical (unpaired) electrons. The minimum atomic E-state index is 0.714. The molecular weight excluding hydrogens is 224 g/mol. The minimum Gasteiger partial charge on any atom is -0.341 e. The minimum absolute atomic E-state index is 0.714. The van der Waals surface area contributed by atoms with Crippen LogP contribution in [0.1, 0.15) is 11.5 Å². The molecule has 4 nitrogen and oxygen atoms in total. The Balaban J connectivity index is 1.63. The van der Waals surface area contributed by atoms with E-state index >= 15 is 0 Å². The van der Waals surface area contributed by atoms with Crippen molar-refractivity contribution in [2.24, 2.45) is 0 Å². The van der Waals surface area contributed by atoms with Crippen molar-refractivity contribution in [3.63, 3.8) is 0 Å². The van der Waals surface area contributed by atoms with Gasteiger partial charge in [-0.05, 0) is 24.3 Å². The number of benzene rings is 1. The predicted molar refractivity (Wildman–Crippen MR) is 70.9 cm³/mol. The summed E-state index contributed by atoms with van der Waals surface area (Å²) < 4.78 is 0. The van der Waals surface area contributed by atoms with E-state index in [9.17, 15) is 0 Å². The maximum atomic E-state index is 4.51. The molecule has 0 spiro atoms. The topological polar surface area (TPSA) is 53.6 Å². The molecule has 0 atom stereocenters. The van der Waals surface area contributed by atoms with Gasteiger partial charge in [0.05, 0.1) is 23.3 Å². The largest absolute Gasteiger partial charge is 0.341 e.